The van der Waals surface area contributed by atoms with Crippen LogP contribution in [0.4, 0.5) is 0 Å². The number of carboxylic acids is 1. The fourth-order valence-corrected chi connectivity index (χ4v) is 1.87. The average Bonchev–Trinajstić information content (AvgIpc) is 2.81. The maximum atomic E-state index is 11.4. The summed E-state index contributed by atoms with van der Waals surface area (Å²) in [5.41, 5.74) is 4.95. The van der Waals surface area contributed by atoms with Gasteiger partial charge in [-0.15, -0.1) is 0 Å². The van der Waals surface area contributed by atoms with Gasteiger partial charge in [-0.3, -0.25) is 9.59 Å². The Morgan fingerprint density at radius 3 is 2.68 bits per heavy atom. The van der Waals surface area contributed by atoms with Crippen LogP contribution < -0.4 is 11.1 Å². The highest BCUT2D eigenvalue weighted by atomic mass is 32.2. The smallest absolute Gasteiger partial charge is 0.371 e. The molecule has 0 aliphatic heterocycles. The number of hydrogen-bond acceptors (Lipinski definition) is 5. The van der Waals surface area contributed by atoms with Gasteiger partial charge >= 0.3 is 5.97 Å². The zero-order chi connectivity index (χ0) is 14.3. The lowest BCUT2D eigenvalue weighted by Gasteiger charge is -2.02. The molecule has 0 aromatic carbocycles. The van der Waals surface area contributed by atoms with Gasteiger partial charge in [0.1, 0.15) is 5.76 Å². The van der Waals surface area contributed by atoms with Gasteiger partial charge in [-0.25, -0.2) is 4.79 Å². The van der Waals surface area contributed by atoms with E-state index in [1.54, 1.807) is 0 Å². The molecule has 0 aliphatic carbocycles. The molecule has 0 saturated heterocycles. The number of amides is 2. The van der Waals surface area contributed by atoms with Crippen LogP contribution in [-0.4, -0.2) is 34.4 Å². The molecule has 19 heavy (non-hydrogen) atoms. The van der Waals surface area contributed by atoms with Crippen molar-refractivity contribution in [2.45, 2.75) is 13.0 Å². The third-order valence-corrected chi connectivity index (χ3v) is 3.03. The molecule has 2 amide bonds. The molecule has 0 atom stereocenters. The Morgan fingerprint density at radius 1 is 1.37 bits per heavy atom. The zero-order valence-corrected chi connectivity index (χ0v) is 10.9. The molecular weight excluding hydrogens is 272 g/mol. The van der Waals surface area contributed by atoms with Crippen LogP contribution in [0.15, 0.2) is 16.5 Å². The molecule has 0 fully saturated rings. The van der Waals surface area contributed by atoms with Gasteiger partial charge in [0.15, 0.2) is 0 Å². The fourth-order valence-electron chi connectivity index (χ4n) is 1.20. The Bertz CT molecular complexity index is 471. The summed E-state index contributed by atoms with van der Waals surface area (Å²) in [4.78, 5) is 32.4. The normalized spacial score (nSPS) is 10.1. The maximum Gasteiger partial charge on any atom is 0.371 e. The van der Waals surface area contributed by atoms with Gasteiger partial charge < -0.3 is 20.6 Å². The van der Waals surface area contributed by atoms with Crippen LogP contribution in [0.1, 0.15) is 22.7 Å². The van der Waals surface area contributed by atoms with E-state index in [2.05, 4.69) is 5.32 Å². The number of thioether (sulfide) groups is 1. The van der Waals surface area contributed by atoms with Crippen molar-refractivity contribution in [3.63, 3.8) is 0 Å². The second-order valence-electron chi connectivity index (χ2n) is 3.62. The molecule has 7 nitrogen and oxygen atoms in total. The van der Waals surface area contributed by atoms with Crippen molar-refractivity contribution < 1.29 is 23.9 Å². The molecule has 1 rings (SSSR count). The second kappa shape index (κ2) is 7.47. The van der Waals surface area contributed by atoms with Gasteiger partial charge in [-0.2, -0.15) is 11.8 Å². The summed E-state index contributed by atoms with van der Waals surface area (Å²) < 4.78 is 4.97. The molecule has 1 heterocycles. The topological polar surface area (TPSA) is 123 Å². The molecule has 0 radical (unpaired) electrons. The number of carbonyl (C=O) groups is 3. The third kappa shape index (κ3) is 5.96. The highest BCUT2D eigenvalue weighted by Crippen LogP contribution is 2.07. The molecule has 0 bridgehead atoms. The van der Waals surface area contributed by atoms with Crippen LogP contribution in [0.5, 0.6) is 0 Å². The minimum atomic E-state index is -1.15. The first-order valence-corrected chi connectivity index (χ1v) is 6.59. The molecule has 104 valence electrons. The molecule has 0 unspecified atom stereocenters. The average molecular weight is 286 g/mol. The lowest BCUT2D eigenvalue weighted by atomic mass is 10.4. The quantitative estimate of drug-likeness (QED) is 0.587. The Labute approximate surface area is 113 Å². The van der Waals surface area contributed by atoms with Crippen molar-refractivity contribution in [3.05, 3.63) is 23.7 Å². The lowest BCUT2D eigenvalue weighted by Crippen LogP contribution is -2.23. The second-order valence-corrected chi connectivity index (χ2v) is 4.72. The van der Waals surface area contributed by atoms with Gasteiger partial charge in [0.25, 0.3) is 0 Å². The monoisotopic (exact) mass is 286 g/mol. The number of furan rings is 1. The lowest BCUT2D eigenvalue weighted by molar-refractivity contribution is -0.121. The molecule has 4 N–H and O–H groups in total. The van der Waals surface area contributed by atoms with Crippen LogP contribution in [0.2, 0.25) is 0 Å². The van der Waals surface area contributed by atoms with E-state index < -0.39 is 11.9 Å². The predicted octanol–water partition coefficient (Wildman–Crippen LogP) is 0.203. The van der Waals surface area contributed by atoms with Crippen LogP contribution in [0.25, 0.3) is 0 Å². The number of nitrogens with two attached hydrogens (primary N) is 1. The van der Waals surface area contributed by atoms with E-state index >= 15 is 0 Å². The molecule has 1 aromatic rings. The minimum Gasteiger partial charge on any atom is -0.475 e. The summed E-state index contributed by atoms with van der Waals surface area (Å²) in [6, 6.07) is 2.82. The van der Waals surface area contributed by atoms with Gasteiger partial charge in [0.05, 0.1) is 12.3 Å². The highest BCUT2D eigenvalue weighted by molar-refractivity contribution is 7.99. The van der Waals surface area contributed by atoms with Gasteiger partial charge in [0, 0.05) is 12.2 Å². The predicted molar refractivity (Wildman–Crippen MR) is 68.7 cm³/mol. The summed E-state index contributed by atoms with van der Waals surface area (Å²) in [7, 11) is 0. The van der Waals surface area contributed by atoms with Gasteiger partial charge in [-0.05, 0) is 12.1 Å². The SMILES string of the molecule is NC(=O)CSCCC(=O)NCc1ccc(C(=O)O)o1. The Hall–Kier alpha value is -1.96. The van der Waals surface area contributed by atoms with Crippen molar-refractivity contribution in [3.8, 4) is 0 Å². The van der Waals surface area contributed by atoms with Crippen molar-refractivity contribution in [1.82, 2.24) is 5.32 Å². The van der Waals surface area contributed by atoms with E-state index in [1.807, 2.05) is 0 Å². The summed E-state index contributed by atoms with van der Waals surface area (Å²) in [5.74, 6) is -0.884. The largest absolute Gasteiger partial charge is 0.475 e. The Morgan fingerprint density at radius 2 is 2.11 bits per heavy atom. The summed E-state index contributed by atoms with van der Waals surface area (Å²) in [6.45, 7) is 0.132. The van der Waals surface area contributed by atoms with E-state index in [0.29, 0.717) is 11.5 Å². The number of carbonyl (C=O) groups excluding carboxylic acids is 2. The first-order valence-electron chi connectivity index (χ1n) is 5.44. The van der Waals surface area contributed by atoms with Crippen LogP contribution in [0.3, 0.4) is 0 Å². The third-order valence-electron chi connectivity index (χ3n) is 2.05. The van der Waals surface area contributed by atoms with Crippen LogP contribution in [0, 0.1) is 0 Å². The van der Waals surface area contributed by atoms with Crippen molar-refractivity contribution in [2.24, 2.45) is 5.73 Å². The standard InChI is InChI=1S/C11H14N2O5S/c12-9(14)6-19-4-3-10(15)13-5-7-1-2-8(18-7)11(16)17/h1-2H,3-6H2,(H2,12,14)(H,13,15)(H,16,17). The van der Waals surface area contributed by atoms with Crippen molar-refractivity contribution >= 4 is 29.5 Å². The first kappa shape index (κ1) is 15.1. The molecule has 0 aliphatic rings. The van der Waals surface area contributed by atoms with E-state index in [-0.39, 0.29) is 30.4 Å². The first-order chi connectivity index (χ1) is 8.99. The molecule has 8 heteroatoms. The number of rotatable bonds is 8. The molecule has 1 aromatic heterocycles. The number of nitrogens with one attached hydrogen (secondary N) is 1. The molecule has 0 saturated carbocycles. The summed E-state index contributed by atoms with van der Waals surface area (Å²) in [6.07, 6.45) is 0.254. The molecule has 0 spiro atoms. The highest BCUT2D eigenvalue weighted by Gasteiger charge is 2.09. The van der Waals surface area contributed by atoms with Crippen molar-refractivity contribution in [2.75, 3.05) is 11.5 Å². The summed E-state index contributed by atoms with van der Waals surface area (Å²) >= 11 is 1.28. The van der Waals surface area contributed by atoms with Gasteiger partial charge in [0.2, 0.25) is 17.6 Å². The Kier molecular flexibility index (Phi) is 5.94. The molecular formula is C11H14N2O5S. The van der Waals surface area contributed by atoms with Gasteiger partial charge in [-0.1, -0.05) is 0 Å². The zero-order valence-electron chi connectivity index (χ0n) is 10.0. The number of hydrogen-bond donors (Lipinski definition) is 3. The van der Waals surface area contributed by atoms with E-state index in [9.17, 15) is 14.4 Å². The van der Waals surface area contributed by atoms with Crippen LogP contribution >= 0.6 is 11.8 Å². The fraction of sp³-hybridized carbons (Fsp3) is 0.364. The number of aromatic carboxylic acids is 1. The maximum absolute atomic E-state index is 11.4. The van der Waals surface area contributed by atoms with E-state index in [0.717, 1.165) is 0 Å². The Balaban J connectivity index is 2.22. The van der Waals surface area contributed by atoms with Crippen LogP contribution in [-0.2, 0) is 16.1 Å². The number of primary amides is 1. The summed E-state index contributed by atoms with van der Waals surface area (Å²) in [5, 5.41) is 11.2. The van der Waals surface area contributed by atoms with E-state index in [4.69, 9.17) is 15.3 Å². The van der Waals surface area contributed by atoms with Crippen molar-refractivity contribution in [1.29, 1.82) is 0 Å². The van der Waals surface area contributed by atoms with E-state index in [1.165, 1.54) is 23.9 Å². The minimum absolute atomic E-state index is 0.132. The number of carboxylic acid groups (broad SMARTS) is 1.